The van der Waals surface area contributed by atoms with Crippen LogP contribution in [0.2, 0.25) is 0 Å². The van der Waals surface area contributed by atoms with Crippen LogP contribution in [-0.2, 0) is 9.47 Å². The van der Waals surface area contributed by atoms with Crippen LogP contribution < -0.4 is 10.2 Å². The van der Waals surface area contributed by atoms with Crippen LogP contribution in [0.5, 0.6) is 0 Å². The normalized spacial score (nSPS) is 14.8. The van der Waals surface area contributed by atoms with Crippen LogP contribution >= 0.6 is 0 Å². The molecule has 1 aromatic rings. The van der Waals surface area contributed by atoms with Crippen molar-refractivity contribution in [3.63, 3.8) is 0 Å². The minimum atomic E-state index is -0.0895. The van der Waals surface area contributed by atoms with E-state index in [-0.39, 0.29) is 6.29 Å². The first kappa shape index (κ1) is 15.1. The van der Waals surface area contributed by atoms with Gasteiger partial charge in [0, 0.05) is 39.3 Å². The standard InChI is InChI=1S/C16H26N2O2/c1-3-19-16(20-4-2)10-13-18-12-7-11-17-14-8-5-6-9-15(14)18/h5-6,8-9,16-17H,3-4,7,10-13H2,1-2H3. The highest BCUT2D eigenvalue weighted by atomic mass is 16.7. The Bertz CT molecular complexity index is 392. The summed E-state index contributed by atoms with van der Waals surface area (Å²) in [6.07, 6.45) is 1.96. The van der Waals surface area contributed by atoms with Gasteiger partial charge in [0.25, 0.3) is 0 Å². The highest BCUT2D eigenvalue weighted by molar-refractivity contribution is 5.70. The van der Waals surface area contributed by atoms with E-state index in [0.717, 1.165) is 32.5 Å². The van der Waals surface area contributed by atoms with E-state index in [9.17, 15) is 0 Å². The van der Waals surface area contributed by atoms with E-state index >= 15 is 0 Å². The van der Waals surface area contributed by atoms with Crippen molar-refractivity contribution in [2.24, 2.45) is 0 Å². The molecule has 0 radical (unpaired) electrons. The van der Waals surface area contributed by atoms with Crippen molar-refractivity contribution < 1.29 is 9.47 Å². The van der Waals surface area contributed by atoms with Crippen molar-refractivity contribution in [3.8, 4) is 0 Å². The number of anilines is 2. The van der Waals surface area contributed by atoms with Gasteiger partial charge in [-0.3, -0.25) is 0 Å². The van der Waals surface area contributed by atoms with Crippen LogP contribution in [0.15, 0.2) is 24.3 Å². The molecule has 0 atom stereocenters. The predicted molar refractivity (Wildman–Crippen MR) is 83.4 cm³/mol. The van der Waals surface area contributed by atoms with E-state index < -0.39 is 0 Å². The Morgan fingerprint density at radius 1 is 1.20 bits per heavy atom. The van der Waals surface area contributed by atoms with Gasteiger partial charge in [0.2, 0.25) is 0 Å². The van der Waals surface area contributed by atoms with Gasteiger partial charge in [0.1, 0.15) is 0 Å². The topological polar surface area (TPSA) is 33.7 Å². The van der Waals surface area contributed by atoms with Crippen molar-refractivity contribution in [1.82, 2.24) is 0 Å². The summed E-state index contributed by atoms with van der Waals surface area (Å²) in [7, 11) is 0. The van der Waals surface area contributed by atoms with Gasteiger partial charge in [-0.1, -0.05) is 12.1 Å². The molecule has 4 heteroatoms. The minimum absolute atomic E-state index is 0.0895. The zero-order chi connectivity index (χ0) is 14.2. The molecule has 0 saturated heterocycles. The summed E-state index contributed by atoms with van der Waals surface area (Å²) >= 11 is 0. The molecule has 0 saturated carbocycles. The lowest BCUT2D eigenvalue weighted by Gasteiger charge is -2.26. The molecule has 1 heterocycles. The molecule has 1 aliphatic rings. The third kappa shape index (κ3) is 4.12. The van der Waals surface area contributed by atoms with Crippen LogP contribution in [0.1, 0.15) is 26.7 Å². The quantitative estimate of drug-likeness (QED) is 0.777. The van der Waals surface area contributed by atoms with Crippen molar-refractivity contribution in [1.29, 1.82) is 0 Å². The van der Waals surface area contributed by atoms with E-state index in [1.165, 1.54) is 11.4 Å². The summed E-state index contributed by atoms with van der Waals surface area (Å²) < 4.78 is 11.3. The Balaban J connectivity index is 1.97. The maximum atomic E-state index is 5.63. The molecule has 4 nitrogen and oxygen atoms in total. The number of rotatable bonds is 7. The number of hydrogen-bond donors (Lipinski definition) is 1. The summed E-state index contributed by atoms with van der Waals surface area (Å²) in [6.45, 7) is 8.49. The number of fused-ring (bicyclic) bond motifs is 1. The summed E-state index contributed by atoms with van der Waals surface area (Å²) in [6, 6.07) is 8.51. The molecule has 2 rings (SSSR count). The largest absolute Gasteiger partial charge is 0.383 e. The smallest absolute Gasteiger partial charge is 0.159 e. The van der Waals surface area contributed by atoms with Gasteiger partial charge < -0.3 is 19.7 Å². The lowest BCUT2D eigenvalue weighted by molar-refractivity contribution is -0.138. The van der Waals surface area contributed by atoms with Crippen molar-refractivity contribution in [2.75, 3.05) is 43.1 Å². The molecule has 0 unspecified atom stereocenters. The number of nitrogens with one attached hydrogen (secondary N) is 1. The molecular weight excluding hydrogens is 252 g/mol. The maximum absolute atomic E-state index is 5.63. The number of hydrogen-bond acceptors (Lipinski definition) is 4. The Kier molecular flexibility index (Phi) is 6.15. The first-order valence-electron chi connectivity index (χ1n) is 7.66. The number of ether oxygens (including phenoxy) is 2. The second-order valence-corrected chi connectivity index (χ2v) is 4.91. The van der Waals surface area contributed by atoms with Crippen LogP contribution in [0.4, 0.5) is 11.4 Å². The van der Waals surface area contributed by atoms with Gasteiger partial charge in [-0.05, 0) is 32.4 Å². The lowest BCUT2D eigenvalue weighted by Crippen LogP contribution is -2.30. The van der Waals surface area contributed by atoms with Gasteiger partial charge in [-0.15, -0.1) is 0 Å². The summed E-state index contributed by atoms with van der Waals surface area (Å²) in [4.78, 5) is 2.43. The van der Waals surface area contributed by atoms with Crippen LogP contribution in [0.3, 0.4) is 0 Å². The fraction of sp³-hybridized carbons (Fsp3) is 0.625. The van der Waals surface area contributed by atoms with Crippen LogP contribution in [0, 0.1) is 0 Å². The Morgan fingerprint density at radius 2 is 1.95 bits per heavy atom. The SMILES string of the molecule is CCOC(CCN1CCCNc2ccccc21)OCC. The molecule has 0 amide bonds. The zero-order valence-corrected chi connectivity index (χ0v) is 12.6. The molecule has 1 aliphatic heterocycles. The molecule has 1 aromatic carbocycles. The average Bonchev–Trinajstić information content (AvgIpc) is 2.67. The lowest BCUT2D eigenvalue weighted by atomic mass is 10.2. The Hall–Kier alpha value is -1.26. The fourth-order valence-corrected chi connectivity index (χ4v) is 2.59. The molecule has 0 spiro atoms. The van der Waals surface area contributed by atoms with E-state index in [0.29, 0.717) is 13.2 Å². The number of para-hydroxylation sites is 2. The first-order valence-corrected chi connectivity index (χ1v) is 7.66. The third-order valence-electron chi connectivity index (χ3n) is 3.50. The molecule has 1 N–H and O–H groups in total. The van der Waals surface area contributed by atoms with E-state index in [1.807, 2.05) is 13.8 Å². The maximum Gasteiger partial charge on any atom is 0.159 e. The first-order chi connectivity index (χ1) is 9.85. The second kappa shape index (κ2) is 8.12. The van der Waals surface area contributed by atoms with E-state index in [2.05, 4.69) is 34.5 Å². The Morgan fingerprint density at radius 3 is 2.70 bits per heavy atom. The third-order valence-corrected chi connectivity index (χ3v) is 3.50. The molecule has 0 fully saturated rings. The summed E-state index contributed by atoms with van der Waals surface area (Å²) in [5, 5.41) is 3.49. The zero-order valence-electron chi connectivity index (χ0n) is 12.6. The van der Waals surface area contributed by atoms with Crippen molar-refractivity contribution >= 4 is 11.4 Å². The summed E-state index contributed by atoms with van der Waals surface area (Å²) in [5.74, 6) is 0. The molecule has 0 bridgehead atoms. The molecule has 0 aromatic heterocycles. The number of benzene rings is 1. The molecule has 0 aliphatic carbocycles. The summed E-state index contributed by atoms with van der Waals surface area (Å²) in [5.41, 5.74) is 2.52. The van der Waals surface area contributed by atoms with Gasteiger partial charge in [0.05, 0.1) is 11.4 Å². The van der Waals surface area contributed by atoms with Crippen LogP contribution in [0.25, 0.3) is 0 Å². The highest BCUT2D eigenvalue weighted by Gasteiger charge is 2.16. The van der Waals surface area contributed by atoms with Gasteiger partial charge >= 0.3 is 0 Å². The Labute approximate surface area is 122 Å². The highest BCUT2D eigenvalue weighted by Crippen LogP contribution is 2.28. The van der Waals surface area contributed by atoms with Crippen molar-refractivity contribution in [2.45, 2.75) is 33.0 Å². The molecular formula is C16H26N2O2. The van der Waals surface area contributed by atoms with Gasteiger partial charge in [-0.25, -0.2) is 0 Å². The second-order valence-electron chi connectivity index (χ2n) is 4.91. The predicted octanol–water partition coefficient (Wildman–Crippen LogP) is 3.10. The van der Waals surface area contributed by atoms with Gasteiger partial charge in [-0.2, -0.15) is 0 Å². The van der Waals surface area contributed by atoms with Crippen LogP contribution in [-0.4, -0.2) is 39.1 Å². The molecule has 20 heavy (non-hydrogen) atoms. The molecule has 112 valence electrons. The minimum Gasteiger partial charge on any atom is -0.383 e. The monoisotopic (exact) mass is 278 g/mol. The number of nitrogens with zero attached hydrogens (tertiary/aromatic N) is 1. The van der Waals surface area contributed by atoms with Crippen molar-refractivity contribution in [3.05, 3.63) is 24.3 Å². The van der Waals surface area contributed by atoms with Gasteiger partial charge in [0.15, 0.2) is 6.29 Å². The fourth-order valence-electron chi connectivity index (χ4n) is 2.59. The average molecular weight is 278 g/mol. The van der Waals surface area contributed by atoms with E-state index in [4.69, 9.17) is 9.47 Å². The van der Waals surface area contributed by atoms with E-state index in [1.54, 1.807) is 0 Å².